The lowest BCUT2D eigenvalue weighted by atomic mass is 9.98. The summed E-state index contributed by atoms with van der Waals surface area (Å²) in [6.45, 7) is 4.06. The van der Waals surface area contributed by atoms with Crippen LogP contribution in [0.4, 0.5) is 0 Å². The van der Waals surface area contributed by atoms with Crippen molar-refractivity contribution in [2.75, 3.05) is 24.6 Å². The highest BCUT2D eigenvalue weighted by molar-refractivity contribution is 7.89. The van der Waals surface area contributed by atoms with Crippen molar-refractivity contribution in [3.05, 3.63) is 70.6 Å². The summed E-state index contributed by atoms with van der Waals surface area (Å²) in [5, 5.41) is 6.70. The molecule has 1 fully saturated rings. The molecule has 11 heteroatoms. The maximum Gasteiger partial charge on any atom is 0.244 e. The lowest BCUT2D eigenvalue weighted by Gasteiger charge is -2.34. The van der Waals surface area contributed by atoms with Crippen molar-refractivity contribution in [1.29, 1.82) is 0 Å². The first-order chi connectivity index (χ1) is 16.0. The largest absolute Gasteiger partial charge is 0.311 e. The highest BCUT2D eigenvalue weighted by atomic mass is 32.2. The molecule has 3 aromatic heterocycles. The van der Waals surface area contributed by atoms with Gasteiger partial charge in [0.15, 0.2) is 5.65 Å². The van der Waals surface area contributed by atoms with Crippen molar-refractivity contribution >= 4 is 32.1 Å². The van der Waals surface area contributed by atoms with Crippen LogP contribution in [0.15, 0.2) is 53.9 Å². The molecule has 0 N–H and O–H groups in total. The van der Waals surface area contributed by atoms with E-state index in [0.29, 0.717) is 18.1 Å². The summed E-state index contributed by atoms with van der Waals surface area (Å²) in [6, 6.07) is 10.9. The SMILES string of the molecule is Cc1nc2cnc3c(ccn3S(=O)(=O)Cc3ccccc3)c2n1N1CCC(CN=[N+]=[N-])CC1. The van der Waals surface area contributed by atoms with Gasteiger partial charge in [-0.05, 0) is 42.8 Å². The minimum absolute atomic E-state index is 0.103. The van der Waals surface area contributed by atoms with Crippen LogP contribution in [-0.4, -0.2) is 46.7 Å². The molecule has 0 amide bonds. The van der Waals surface area contributed by atoms with Crippen molar-refractivity contribution in [3.63, 3.8) is 0 Å². The quantitative estimate of drug-likeness (QED) is 0.244. The number of rotatable bonds is 6. The van der Waals surface area contributed by atoms with Crippen LogP contribution in [0.5, 0.6) is 0 Å². The molecule has 0 spiro atoms. The number of nitrogens with zero attached hydrogens (tertiary/aromatic N) is 8. The molecule has 1 saturated heterocycles. The first-order valence-corrected chi connectivity index (χ1v) is 12.5. The molecule has 5 rings (SSSR count). The van der Waals surface area contributed by atoms with Gasteiger partial charge in [-0.2, -0.15) is 0 Å². The second-order valence-corrected chi connectivity index (χ2v) is 10.2. The molecular weight excluding hydrogens is 440 g/mol. The Kier molecular flexibility index (Phi) is 5.43. The Morgan fingerprint density at radius 1 is 1.18 bits per heavy atom. The summed E-state index contributed by atoms with van der Waals surface area (Å²) in [7, 11) is -3.64. The molecule has 0 unspecified atom stereocenters. The molecule has 4 aromatic rings. The number of azide groups is 1. The van der Waals surface area contributed by atoms with Gasteiger partial charge in [0.25, 0.3) is 0 Å². The molecule has 0 atom stereocenters. The van der Waals surface area contributed by atoms with Crippen LogP contribution in [0, 0.1) is 12.8 Å². The average Bonchev–Trinajstić information content (AvgIpc) is 3.39. The van der Waals surface area contributed by atoms with Gasteiger partial charge in [0.05, 0.1) is 11.9 Å². The van der Waals surface area contributed by atoms with E-state index in [-0.39, 0.29) is 5.75 Å². The Bertz CT molecular complexity index is 1460. The number of pyridine rings is 1. The fraction of sp³-hybridized carbons (Fsp3) is 0.364. The number of imidazole rings is 1. The van der Waals surface area contributed by atoms with Gasteiger partial charge in [-0.3, -0.25) is 0 Å². The molecule has 1 aliphatic heterocycles. The maximum absolute atomic E-state index is 13.2. The fourth-order valence-corrected chi connectivity index (χ4v) is 6.01. The zero-order valence-corrected chi connectivity index (χ0v) is 19.1. The standard InChI is InChI=1S/C22H24N8O2S/c1-16-26-20-14-24-22-19(9-12-29(22)33(31,32)15-18-5-3-2-4-6-18)21(20)30(16)28-10-7-17(8-11-28)13-25-27-23/h2-6,9,12,14,17H,7-8,10-11,13,15H2,1H3. The molecule has 0 saturated carbocycles. The van der Waals surface area contributed by atoms with Crippen LogP contribution in [0.2, 0.25) is 0 Å². The topological polar surface area (TPSA) is 122 Å². The summed E-state index contributed by atoms with van der Waals surface area (Å²) in [5.74, 6) is 1.10. The van der Waals surface area contributed by atoms with E-state index < -0.39 is 10.0 Å². The van der Waals surface area contributed by atoms with Crippen LogP contribution in [0.1, 0.15) is 24.2 Å². The smallest absolute Gasteiger partial charge is 0.244 e. The highest BCUT2D eigenvalue weighted by Crippen LogP contribution is 2.29. The number of piperidine rings is 1. The average molecular weight is 465 g/mol. The first kappa shape index (κ1) is 21.3. The lowest BCUT2D eigenvalue weighted by molar-refractivity contribution is 0.371. The maximum atomic E-state index is 13.2. The van der Waals surface area contributed by atoms with Crippen molar-refractivity contribution in [2.24, 2.45) is 11.0 Å². The van der Waals surface area contributed by atoms with Gasteiger partial charge in [-0.15, -0.1) is 0 Å². The van der Waals surface area contributed by atoms with Crippen molar-refractivity contribution in [3.8, 4) is 0 Å². The minimum Gasteiger partial charge on any atom is -0.311 e. The fourth-order valence-electron chi connectivity index (χ4n) is 4.61. The Balaban J connectivity index is 1.53. The Morgan fingerprint density at radius 3 is 2.67 bits per heavy atom. The number of aromatic nitrogens is 4. The van der Waals surface area contributed by atoms with Crippen LogP contribution in [0.25, 0.3) is 32.5 Å². The third-order valence-corrected chi connectivity index (χ3v) is 7.79. The molecule has 10 nitrogen and oxygen atoms in total. The Labute approximate surface area is 191 Å². The van der Waals surface area contributed by atoms with Gasteiger partial charge in [0.2, 0.25) is 10.0 Å². The van der Waals surface area contributed by atoms with Gasteiger partial charge in [-0.25, -0.2) is 27.0 Å². The predicted octanol–water partition coefficient (Wildman–Crippen LogP) is 3.73. The number of benzene rings is 1. The van der Waals surface area contributed by atoms with E-state index in [9.17, 15) is 8.42 Å². The predicted molar refractivity (Wildman–Crippen MR) is 127 cm³/mol. The van der Waals surface area contributed by atoms with E-state index in [4.69, 9.17) is 5.53 Å². The molecule has 33 heavy (non-hydrogen) atoms. The normalized spacial score (nSPS) is 15.2. The summed E-state index contributed by atoms with van der Waals surface area (Å²) in [5.41, 5.74) is 11.3. The van der Waals surface area contributed by atoms with Gasteiger partial charge in [0.1, 0.15) is 16.9 Å². The Hall–Kier alpha value is -3.56. The molecule has 1 aliphatic rings. The summed E-state index contributed by atoms with van der Waals surface area (Å²) >= 11 is 0. The van der Waals surface area contributed by atoms with Gasteiger partial charge in [0, 0.05) is 36.1 Å². The first-order valence-electron chi connectivity index (χ1n) is 10.9. The molecule has 170 valence electrons. The lowest BCUT2D eigenvalue weighted by Crippen LogP contribution is -2.42. The summed E-state index contributed by atoms with van der Waals surface area (Å²) in [4.78, 5) is 12.0. The third-order valence-electron chi connectivity index (χ3n) is 6.20. The van der Waals surface area contributed by atoms with E-state index in [0.717, 1.165) is 53.7 Å². The molecular formula is C22H24N8O2S. The second kappa shape index (κ2) is 8.42. The van der Waals surface area contributed by atoms with Crippen molar-refractivity contribution < 1.29 is 8.42 Å². The number of fused-ring (bicyclic) bond motifs is 3. The third kappa shape index (κ3) is 3.90. The molecule has 1 aromatic carbocycles. The van der Waals surface area contributed by atoms with E-state index in [1.807, 2.05) is 25.1 Å². The van der Waals surface area contributed by atoms with Crippen LogP contribution < -0.4 is 5.01 Å². The molecule has 0 radical (unpaired) electrons. The van der Waals surface area contributed by atoms with E-state index in [1.54, 1.807) is 30.6 Å². The summed E-state index contributed by atoms with van der Waals surface area (Å²) in [6.07, 6.45) is 5.05. The van der Waals surface area contributed by atoms with Gasteiger partial charge < -0.3 is 5.01 Å². The number of aryl methyl sites for hydroxylation is 1. The minimum atomic E-state index is -3.64. The van der Waals surface area contributed by atoms with Crippen LogP contribution >= 0.6 is 0 Å². The van der Waals surface area contributed by atoms with Gasteiger partial charge >= 0.3 is 0 Å². The van der Waals surface area contributed by atoms with Crippen LogP contribution in [0.3, 0.4) is 0 Å². The molecule has 0 aliphatic carbocycles. The van der Waals surface area contributed by atoms with E-state index in [1.165, 1.54) is 3.97 Å². The molecule has 0 bridgehead atoms. The van der Waals surface area contributed by atoms with Crippen LogP contribution in [-0.2, 0) is 15.8 Å². The van der Waals surface area contributed by atoms with E-state index >= 15 is 0 Å². The van der Waals surface area contributed by atoms with E-state index in [2.05, 4.69) is 29.7 Å². The number of hydrogen-bond acceptors (Lipinski definition) is 6. The highest BCUT2D eigenvalue weighted by Gasteiger charge is 2.25. The molecule has 4 heterocycles. The second-order valence-electron chi connectivity index (χ2n) is 8.36. The summed E-state index contributed by atoms with van der Waals surface area (Å²) < 4.78 is 29.7. The Morgan fingerprint density at radius 2 is 1.94 bits per heavy atom. The van der Waals surface area contributed by atoms with Gasteiger partial charge in [-0.1, -0.05) is 35.4 Å². The number of hydrogen-bond donors (Lipinski definition) is 0. The van der Waals surface area contributed by atoms with Crippen molar-refractivity contribution in [2.45, 2.75) is 25.5 Å². The zero-order chi connectivity index (χ0) is 23.0. The van der Waals surface area contributed by atoms with Crippen molar-refractivity contribution in [1.82, 2.24) is 18.6 Å². The zero-order valence-electron chi connectivity index (χ0n) is 18.2. The monoisotopic (exact) mass is 464 g/mol.